The predicted molar refractivity (Wildman–Crippen MR) is 67.4 cm³/mol. The summed E-state index contributed by atoms with van der Waals surface area (Å²) >= 11 is 0. The molecule has 0 amide bonds. The number of aryl methyl sites for hydroxylation is 2. The minimum absolute atomic E-state index is 0.0967. The van der Waals surface area contributed by atoms with Crippen LogP contribution in [0.5, 0.6) is 5.75 Å². The van der Waals surface area contributed by atoms with Crippen LogP contribution in [0.15, 0.2) is 18.6 Å². The largest absolute Gasteiger partial charge is 0.493 e. The zero-order valence-electron chi connectivity index (χ0n) is 11.0. The summed E-state index contributed by atoms with van der Waals surface area (Å²) in [7, 11) is 5.39. The number of aromatic nitrogens is 4. The number of methoxy groups -OCH3 is 1. The number of ether oxygens (including phenoxy) is 1. The van der Waals surface area contributed by atoms with E-state index in [-0.39, 0.29) is 6.04 Å². The molecule has 0 aliphatic rings. The number of rotatable bonds is 4. The van der Waals surface area contributed by atoms with Gasteiger partial charge in [0.25, 0.3) is 0 Å². The second kappa shape index (κ2) is 5.14. The third-order valence-electron chi connectivity index (χ3n) is 2.83. The lowest BCUT2D eigenvalue weighted by Gasteiger charge is -2.17. The number of hydrogen-bond acceptors (Lipinski definition) is 5. The van der Waals surface area contributed by atoms with Crippen LogP contribution in [0.2, 0.25) is 0 Å². The molecule has 0 aliphatic carbocycles. The molecule has 1 N–H and O–H groups in total. The van der Waals surface area contributed by atoms with E-state index < -0.39 is 0 Å². The van der Waals surface area contributed by atoms with Gasteiger partial charge in [0, 0.05) is 13.2 Å². The van der Waals surface area contributed by atoms with E-state index >= 15 is 0 Å². The van der Waals surface area contributed by atoms with Crippen LogP contribution in [0, 0.1) is 6.92 Å². The van der Waals surface area contributed by atoms with Gasteiger partial charge >= 0.3 is 0 Å². The van der Waals surface area contributed by atoms with Crippen LogP contribution < -0.4 is 10.1 Å². The minimum atomic E-state index is -0.0967. The quantitative estimate of drug-likeness (QED) is 0.867. The summed E-state index contributed by atoms with van der Waals surface area (Å²) in [6.45, 7) is 1.91. The fourth-order valence-electron chi connectivity index (χ4n) is 1.89. The molecule has 0 aromatic carbocycles. The van der Waals surface area contributed by atoms with Crippen molar-refractivity contribution in [3.8, 4) is 5.75 Å². The fraction of sp³-hybridized carbons (Fsp3) is 0.417. The van der Waals surface area contributed by atoms with Gasteiger partial charge in [0.15, 0.2) is 5.75 Å². The van der Waals surface area contributed by atoms with E-state index in [0.717, 1.165) is 22.8 Å². The van der Waals surface area contributed by atoms with Crippen molar-refractivity contribution in [2.45, 2.75) is 13.0 Å². The van der Waals surface area contributed by atoms with E-state index in [1.165, 1.54) is 0 Å². The van der Waals surface area contributed by atoms with Gasteiger partial charge in [0.1, 0.15) is 5.69 Å². The third-order valence-corrected chi connectivity index (χ3v) is 2.83. The van der Waals surface area contributed by atoms with Crippen LogP contribution in [-0.2, 0) is 7.05 Å². The molecule has 0 saturated carbocycles. The summed E-state index contributed by atoms with van der Waals surface area (Å²) in [5, 5.41) is 7.42. The molecule has 0 fully saturated rings. The minimum Gasteiger partial charge on any atom is -0.493 e. The summed E-state index contributed by atoms with van der Waals surface area (Å²) < 4.78 is 7.10. The van der Waals surface area contributed by atoms with Crippen molar-refractivity contribution in [1.29, 1.82) is 0 Å². The third kappa shape index (κ3) is 2.19. The van der Waals surface area contributed by atoms with Gasteiger partial charge in [-0.25, -0.2) is 0 Å². The van der Waals surface area contributed by atoms with Crippen molar-refractivity contribution in [1.82, 2.24) is 25.1 Å². The molecule has 0 aliphatic heterocycles. The normalized spacial score (nSPS) is 12.4. The van der Waals surface area contributed by atoms with E-state index in [2.05, 4.69) is 20.4 Å². The Labute approximate surface area is 106 Å². The van der Waals surface area contributed by atoms with Gasteiger partial charge in [0.05, 0.1) is 36.9 Å². The highest BCUT2D eigenvalue weighted by molar-refractivity contribution is 5.33. The predicted octanol–water partition coefficient (Wildman–Crippen LogP) is 0.836. The smallest absolute Gasteiger partial charge is 0.161 e. The molecular formula is C12H17N5O. The highest BCUT2D eigenvalue weighted by Gasteiger charge is 2.22. The average molecular weight is 247 g/mol. The van der Waals surface area contributed by atoms with E-state index in [4.69, 9.17) is 4.74 Å². The first-order chi connectivity index (χ1) is 8.67. The van der Waals surface area contributed by atoms with Gasteiger partial charge in [-0.05, 0) is 14.0 Å². The second-order valence-corrected chi connectivity index (χ2v) is 4.03. The van der Waals surface area contributed by atoms with Crippen LogP contribution in [0.4, 0.5) is 0 Å². The summed E-state index contributed by atoms with van der Waals surface area (Å²) in [6.07, 6.45) is 5.22. The Morgan fingerprint density at radius 1 is 1.28 bits per heavy atom. The van der Waals surface area contributed by atoms with E-state index in [9.17, 15) is 0 Å². The van der Waals surface area contributed by atoms with Crippen LogP contribution in [0.1, 0.15) is 23.1 Å². The first-order valence-electron chi connectivity index (χ1n) is 5.69. The highest BCUT2D eigenvalue weighted by atomic mass is 16.5. The molecule has 1 unspecified atom stereocenters. The van der Waals surface area contributed by atoms with Crippen LogP contribution in [0.25, 0.3) is 0 Å². The van der Waals surface area contributed by atoms with Gasteiger partial charge in [-0.2, -0.15) is 5.10 Å². The summed E-state index contributed by atoms with van der Waals surface area (Å²) in [5.74, 6) is 0.735. The highest BCUT2D eigenvalue weighted by Crippen LogP contribution is 2.27. The van der Waals surface area contributed by atoms with Gasteiger partial charge in [-0.15, -0.1) is 0 Å². The van der Waals surface area contributed by atoms with Crippen molar-refractivity contribution < 1.29 is 4.74 Å². The first kappa shape index (κ1) is 12.5. The van der Waals surface area contributed by atoms with Crippen molar-refractivity contribution in [2.24, 2.45) is 7.05 Å². The van der Waals surface area contributed by atoms with Gasteiger partial charge < -0.3 is 10.1 Å². The summed E-state index contributed by atoms with van der Waals surface area (Å²) in [4.78, 5) is 8.67. The van der Waals surface area contributed by atoms with Gasteiger partial charge in [-0.3, -0.25) is 14.6 Å². The Hall–Kier alpha value is -1.95. The zero-order chi connectivity index (χ0) is 13.1. The lowest BCUT2D eigenvalue weighted by atomic mass is 10.1. The Morgan fingerprint density at radius 3 is 2.61 bits per heavy atom. The molecule has 1 atom stereocenters. The van der Waals surface area contributed by atoms with Crippen LogP contribution >= 0.6 is 0 Å². The second-order valence-electron chi connectivity index (χ2n) is 4.03. The Morgan fingerprint density at radius 2 is 2.06 bits per heavy atom. The zero-order valence-corrected chi connectivity index (χ0v) is 11.0. The molecule has 0 radical (unpaired) electrons. The number of nitrogens with one attached hydrogen (secondary N) is 1. The molecule has 0 saturated heterocycles. The van der Waals surface area contributed by atoms with Crippen molar-refractivity contribution >= 4 is 0 Å². The molecule has 2 aromatic rings. The molecular weight excluding hydrogens is 230 g/mol. The van der Waals surface area contributed by atoms with Gasteiger partial charge in [-0.1, -0.05) is 0 Å². The van der Waals surface area contributed by atoms with Crippen LogP contribution in [0.3, 0.4) is 0 Å². The maximum Gasteiger partial charge on any atom is 0.161 e. The molecule has 0 bridgehead atoms. The van der Waals surface area contributed by atoms with Crippen molar-refractivity contribution in [3.05, 3.63) is 35.7 Å². The van der Waals surface area contributed by atoms with Gasteiger partial charge in [0.2, 0.25) is 0 Å². The van der Waals surface area contributed by atoms with E-state index in [0.29, 0.717) is 0 Å². The molecule has 2 aromatic heterocycles. The number of nitrogens with zero attached hydrogens (tertiary/aromatic N) is 4. The molecule has 6 nitrogen and oxygen atoms in total. The molecule has 96 valence electrons. The maximum atomic E-state index is 5.32. The Bertz CT molecular complexity index is 520. The topological polar surface area (TPSA) is 64.9 Å². The van der Waals surface area contributed by atoms with Crippen LogP contribution in [-0.4, -0.2) is 33.9 Å². The van der Waals surface area contributed by atoms with E-state index in [1.807, 2.05) is 21.0 Å². The maximum absolute atomic E-state index is 5.32. The lowest BCUT2D eigenvalue weighted by Crippen LogP contribution is -2.22. The Kier molecular flexibility index (Phi) is 3.57. The summed E-state index contributed by atoms with van der Waals surface area (Å²) in [5.41, 5.74) is 2.66. The standard InChI is InChI=1S/C12H17N5O/c1-8-5-15-9(6-14-8)11(13-2)12-10(18-4)7-16-17(12)3/h5-7,11,13H,1-4H3. The number of hydrogen-bond donors (Lipinski definition) is 1. The van der Waals surface area contributed by atoms with E-state index in [1.54, 1.807) is 30.4 Å². The molecule has 6 heteroatoms. The fourth-order valence-corrected chi connectivity index (χ4v) is 1.89. The SMILES string of the molecule is CNC(c1cnc(C)cn1)c1c(OC)cnn1C. The lowest BCUT2D eigenvalue weighted by molar-refractivity contribution is 0.402. The molecule has 2 rings (SSSR count). The molecule has 2 heterocycles. The van der Waals surface area contributed by atoms with Crippen molar-refractivity contribution in [3.63, 3.8) is 0 Å². The summed E-state index contributed by atoms with van der Waals surface area (Å²) in [6, 6.07) is -0.0967. The van der Waals surface area contributed by atoms with Crippen molar-refractivity contribution in [2.75, 3.05) is 14.2 Å². The first-order valence-corrected chi connectivity index (χ1v) is 5.69. The molecule has 0 spiro atoms. The Balaban J connectivity index is 2.44. The average Bonchev–Trinajstić information content (AvgIpc) is 2.74. The molecule has 18 heavy (non-hydrogen) atoms. The monoisotopic (exact) mass is 247 g/mol.